The molecule has 94 valence electrons. The smallest absolute Gasteiger partial charge is 0.252 e. The lowest BCUT2D eigenvalue weighted by atomic mass is 9.89. The summed E-state index contributed by atoms with van der Waals surface area (Å²) in [5, 5.41) is 3.05. The van der Waals surface area contributed by atoms with Crippen molar-refractivity contribution in [3.8, 4) is 0 Å². The van der Waals surface area contributed by atoms with E-state index in [1.165, 1.54) is 5.56 Å². The highest BCUT2D eigenvalue weighted by Crippen LogP contribution is 2.34. The highest BCUT2D eigenvalue weighted by molar-refractivity contribution is 5.22. The first-order chi connectivity index (χ1) is 8.08. The first-order valence-electron chi connectivity index (χ1n) is 6.22. The predicted octanol–water partition coefficient (Wildman–Crippen LogP) is 3.17. The van der Waals surface area contributed by atoms with Gasteiger partial charge in [-0.15, -0.1) is 0 Å². The van der Waals surface area contributed by atoms with Gasteiger partial charge in [0.15, 0.2) is 0 Å². The van der Waals surface area contributed by atoms with Crippen LogP contribution in [0.4, 0.5) is 8.78 Å². The minimum Gasteiger partial charge on any atom is -0.316 e. The van der Waals surface area contributed by atoms with Crippen LogP contribution in [0.2, 0.25) is 0 Å². The molecule has 1 fully saturated rings. The fraction of sp³-hybridized carbons (Fsp3) is 0.571. The van der Waals surface area contributed by atoms with Crippen molar-refractivity contribution in [1.29, 1.82) is 0 Å². The van der Waals surface area contributed by atoms with Gasteiger partial charge in [-0.05, 0) is 31.9 Å². The summed E-state index contributed by atoms with van der Waals surface area (Å²) >= 11 is 0. The Morgan fingerprint density at radius 3 is 2.65 bits per heavy atom. The lowest BCUT2D eigenvalue weighted by Crippen LogP contribution is -2.29. The molecule has 1 aromatic rings. The maximum absolute atomic E-state index is 13.9. The number of alkyl halides is 2. The Hall–Kier alpha value is -0.960. The van der Waals surface area contributed by atoms with E-state index in [0.29, 0.717) is 25.9 Å². The molecule has 1 unspecified atom stereocenters. The third kappa shape index (κ3) is 3.25. The Labute approximate surface area is 101 Å². The molecule has 1 heterocycles. The minimum atomic E-state index is -2.53. The van der Waals surface area contributed by atoms with Gasteiger partial charge in [-0.1, -0.05) is 29.8 Å². The Morgan fingerprint density at radius 2 is 1.94 bits per heavy atom. The van der Waals surface area contributed by atoms with Crippen molar-refractivity contribution in [1.82, 2.24) is 5.32 Å². The Kier molecular flexibility index (Phi) is 3.77. The topological polar surface area (TPSA) is 12.0 Å². The zero-order valence-electron chi connectivity index (χ0n) is 10.2. The average Bonchev–Trinajstić information content (AvgIpc) is 2.44. The molecule has 17 heavy (non-hydrogen) atoms. The SMILES string of the molecule is Cc1ccc(CC2CCNCCC2(F)F)cc1. The van der Waals surface area contributed by atoms with E-state index in [0.717, 1.165) is 5.56 Å². The number of halogens is 2. The summed E-state index contributed by atoms with van der Waals surface area (Å²) in [7, 11) is 0. The van der Waals surface area contributed by atoms with E-state index in [-0.39, 0.29) is 6.42 Å². The number of hydrogen-bond acceptors (Lipinski definition) is 1. The number of hydrogen-bond donors (Lipinski definition) is 1. The van der Waals surface area contributed by atoms with Gasteiger partial charge in [-0.25, -0.2) is 8.78 Å². The second kappa shape index (κ2) is 5.13. The molecule has 0 amide bonds. The molecule has 0 aromatic heterocycles. The van der Waals surface area contributed by atoms with E-state index in [1.807, 2.05) is 31.2 Å². The largest absolute Gasteiger partial charge is 0.316 e. The number of benzene rings is 1. The molecule has 1 aliphatic heterocycles. The van der Waals surface area contributed by atoms with Gasteiger partial charge in [-0.3, -0.25) is 0 Å². The normalized spacial score (nSPS) is 24.3. The highest BCUT2D eigenvalue weighted by atomic mass is 19.3. The average molecular weight is 239 g/mol. The van der Waals surface area contributed by atoms with E-state index >= 15 is 0 Å². The second-order valence-electron chi connectivity index (χ2n) is 4.94. The van der Waals surface area contributed by atoms with Crippen molar-refractivity contribution >= 4 is 0 Å². The molecule has 0 spiro atoms. The van der Waals surface area contributed by atoms with E-state index < -0.39 is 11.8 Å². The molecule has 1 aliphatic rings. The Morgan fingerprint density at radius 1 is 1.24 bits per heavy atom. The van der Waals surface area contributed by atoms with Gasteiger partial charge in [0.05, 0.1) is 0 Å². The molecule has 1 aromatic carbocycles. The fourth-order valence-corrected chi connectivity index (χ4v) is 2.33. The quantitative estimate of drug-likeness (QED) is 0.836. The van der Waals surface area contributed by atoms with Crippen LogP contribution in [0, 0.1) is 12.8 Å². The summed E-state index contributed by atoms with van der Waals surface area (Å²) in [6, 6.07) is 7.90. The molecular weight excluding hydrogens is 220 g/mol. The van der Waals surface area contributed by atoms with Gasteiger partial charge >= 0.3 is 0 Å². The first kappa shape index (κ1) is 12.5. The molecule has 3 heteroatoms. The second-order valence-corrected chi connectivity index (χ2v) is 4.94. The lowest BCUT2D eigenvalue weighted by molar-refractivity contribution is -0.0601. The molecule has 0 radical (unpaired) electrons. The molecule has 0 aliphatic carbocycles. The van der Waals surface area contributed by atoms with Crippen LogP contribution in [0.15, 0.2) is 24.3 Å². The zero-order chi connectivity index (χ0) is 12.3. The van der Waals surface area contributed by atoms with Crippen LogP contribution in [-0.4, -0.2) is 19.0 Å². The molecular formula is C14H19F2N. The van der Waals surface area contributed by atoms with Crippen LogP contribution in [0.1, 0.15) is 24.0 Å². The minimum absolute atomic E-state index is 0.0382. The van der Waals surface area contributed by atoms with Gasteiger partial charge < -0.3 is 5.32 Å². The molecule has 1 nitrogen and oxygen atoms in total. The Bertz CT molecular complexity index is 359. The number of aryl methyl sites for hydroxylation is 1. The number of rotatable bonds is 2. The molecule has 1 N–H and O–H groups in total. The predicted molar refractivity (Wildman–Crippen MR) is 65.4 cm³/mol. The fourth-order valence-electron chi connectivity index (χ4n) is 2.33. The molecule has 0 bridgehead atoms. The van der Waals surface area contributed by atoms with Crippen LogP contribution < -0.4 is 5.32 Å². The summed E-state index contributed by atoms with van der Waals surface area (Å²) in [5.41, 5.74) is 2.19. The maximum Gasteiger partial charge on any atom is 0.252 e. The van der Waals surface area contributed by atoms with Gasteiger partial charge in [-0.2, -0.15) is 0 Å². The van der Waals surface area contributed by atoms with Crippen LogP contribution in [-0.2, 0) is 6.42 Å². The van der Waals surface area contributed by atoms with E-state index in [2.05, 4.69) is 5.32 Å². The molecule has 2 rings (SSSR count). The van der Waals surface area contributed by atoms with Crippen molar-refractivity contribution in [2.45, 2.75) is 32.1 Å². The third-order valence-electron chi connectivity index (χ3n) is 3.50. The summed E-state index contributed by atoms with van der Waals surface area (Å²) < 4.78 is 27.7. The van der Waals surface area contributed by atoms with E-state index in [4.69, 9.17) is 0 Å². The summed E-state index contributed by atoms with van der Waals surface area (Å²) in [6.45, 7) is 3.14. The Balaban J connectivity index is 2.07. The monoisotopic (exact) mass is 239 g/mol. The van der Waals surface area contributed by atoms with Crippen molar-refractivity contribution in [3.63, 3.8) is 0 Å². The lowest BCUT2D eigenvalue weighted by Gasteiger charge is -2.24. The molecule has 0 saturated carbocycles. The van der Waals surface area contributed by atoms with E-state index in [1.54, 1.807) is 0 Å². The van der Waals surface area contributed by atoms with Crippen LogP contribution in [0.5, 0.6) is 0 Å². The van der Waals surface area contributed by atoms with Crippen LogP contribution in [0.25, 0.3) is 0 Å². The zero-order valence-corrected chi connectivity index (χ0v) is 10.2. The third-order valence-corrected chi connectivity index (χ3v) is 3.50. The number of nitrogens with one attached hydrogen (secondary N) is 1. The van der Waals surface area contributed by atoms with Crippen molar-refractivity contribution < 1.29 is 8.78 Å². The van der Waals surface area contributed by atoms with Crippen LogP contribution in [0.3, 0.4) is 0 Å². The van der Waals surface area contributed by atoms with Gasteiger partial charge in [0.2, 0.25) is 0 Å². The van der Waals surface area contributed by atoms with Crippen molar-refractivity contribution in [2.24, 2.45) is 5.92 Å². The summed E-state index contributed by atoms with van der Waals surface area (Å²) in [4.78, 5) is 0. The highest BCUT2D eigenvalue weighted by Gasteiger charge is 2.39. The summed E-state index contributed by atoms with van der Waals surface area (Å²) in [6.07, 6.45) is 0.999. The summed E-state index contributed by atoms with van der Waals surface area (Å²) in [5.74, 6) is -3.06. The standard InChI is InChI=1S/C14H19F2N/c1-11-2-4-12(5-3-11)10-13-6-8-17-9-7-14(13,15)16/h2-5,13,17H,6-10H2,1H3. The van der Waals surface area contributed by atoms with Crippen LogP contribution >= 0.6 is 0 Å². The molecule has 1 atom stereocenters. The van der Waals surface area contributed by atoms with Crippen molar-refractivity contribution in [3.05, 3.63) is 35.4 Å². The van der Waals surface area contributed by atoms with E-state index in [9.17, 15) is 8.78 Å². The van der Waals surface area contributed by atoms with Gasteiger partial charge in [0, 0.05) is 18.9 Å². The van der Waals surface area contributed by atoms with Crippen molar-refractivity contribution in [2.75, 3.05) is 13.1 Å². The first-order valence-corrected chi connectivity index (χ1v) is 6.22. The maximum atomic E-state index is 13.9. The van der Waals surface area contributed by atoms with Gasteiger partial charge in [0.1, 0.15) is 0 Å². The van der Waals surface area contributed by atoms with Gasteiger partial charge in [0.25, 0.3) is 5.92 Å². The molecule has 1 saturated heterocycles.